The summed E-state index contributed by atoms with van der Waals surface area (Å²) in [6.45, 7) is 25.5. The van der Waals surface area contributed by atoms with Crippen LogP contribution >= 0.6 is 0 Å². The average Bonchev–Trinajstić information content (AvgIpc) is 2.58. The molecule has 0 N–H and O–H groups in total. The van der Waals surface area contributed by atoms with Gasteiger partial charge in [-0.2, -0.15) is 0 Å². The SMILES string of the molecule is [CH2][C@H](C)C[C@H](OC)[C@@H](O[Si](C)(C)C(C)(C)C)[C@H](C[C@@H](C)COC(=O)C(C)(C)C)OC. The molecular formula is C24H49O5Si. The van der Waals surface area contributed by atoms with Crippen LogP contribution in [0.2, 0.25) is 18.1 Å². The highest BCUT2D eigenvalue weighted by atomic mass is 28.4. The molecule has 30 heavy (non-hydrogen) atoms. The number of methoxy groups -OCH3 is 2. The fourth-order valence-electron chi connectivity index (χ4n) is 2.93. The largest absolute Gasteiger partial charge is 0.465 e. The maximum atomic E-state index is 12.1. The van der Waals surface area contributed by atoms with Gasteiger partial charge in [0.1, 0.15) is 0 Å². The molecule has 0 aromatic rings. The third-order valence-corrected chi connectivity index (χ3v) is 10.4. The lowest BCUT2D eigenvalue weighted by molar-refractivity contribution is -0.155. The summed E-state index contributed by atoms with van der Waals surface area (Å²) in [5.41, 5.74) is -0.500. The molecule has 0 fully saturated rings. The van der Waals surface area contributed by atoms with Crippen molar-refractivity contribution < 1.29 is 23.4 Å². The van der Waals surface area contributed by atoms with E-state index < -0.39 is 13.7 Å². The maximum Gasteiger partial charge on any atom is 0.311 e. The third kappa shape index (κ3) is 9.80. The fourth-order valence-corrected chi connectivity index (χ4v) is 4.27. The van der Waals surface area contributed by atoms with Crippen LogP contribution in [0.3, 0.4) is 0 Å². The molecule has 0 aliphatic heterocycles. The van der Waals surface area contributed by atoms with Crippen molar-refractivity contribution in [3.63, 3.8) is 0 Å². The summed E-state index contributed by atoms with van der Waals surface area (Å²) < 4.78 is 24.2. The highest BCUT2D eigenvalue weighted by Crippen LogP contribution is 2.39. The van der Waals surface area contributed by atoms with Gasteiger partial charge in [0.25, 0.3) is 0 Å². The number of esters is 1. The quantitative estimate of drug-likeness (QED) is 0.277. The van der Waals surface area contributed by atoms with Gasteiger partial charge in [0.05, 0.1) is 30.3 Å². The Morgan fingerprint density at radius 1 is 0.933 bits per heavy atom. The fraction of sp³-hybridized carbons (Fsp3) is 0.917. The summed E-state index contributed by atoms with van der Waals surface area (Å²) in [7, 11) is 1.40. The molecule has 0 aliphatic rings. The number of rotatable bonds is 12. The van der Waals surface area contributed by atoms with Crippen LogP contribution in [0.5, 0.6) is 0 Å². The van der Waals surface area contributed by atoms with Crippen molar-refractivity contribution in [3.05, 3.63) is 6.92 Å². The molecule has 5 nitrogen and oxygen atoms in total. The Bertz CT molecular complexity index is 505. The minimum atomic E-state index is -2.06. The van der Waals surface area contributed by atoms with Crippen molar-refractivity contribution in [1.82, 2.24) is 0 Å². The topological polar surface area (TPSA) is 54.0 Å². The van der Waals surface area contributed by atoms with Crippen molar-refractivity contribution in [2.24, 2.45) is 17.3 Å². The molecule has 0 unspecified atom stereocenters. The zero-order valence-electron chi connectivity index (χ0n) is 21.8. The van der Waals surface area contributed by atoms with E-state index in [9.17, 15) is 4.79 Å². The van der Waals surface area contributed by atoms with Gasteiger partial charge in [0.15, 0.2) is 8.32 Å². The summed E-state index contributed by atoms with van der Waals surface area (Å²) in [5, 5.41) is 0.0752. The van der Waals surface area contributed by atoms with Crippen LogP contribution < -0.4 is 0 Å². The Morgan fingerprint density at radius 2 is 1.40 bits per heavy atom. The molecule has 0 bridgehead atoms. The van der Waals surface area contributed by atoms with E-state index in [-0.39, 0.29) is 41.2 Å². The Morgan fingerprint density at radius 3 is 1.77 bits per heavy atom. The highest BCUT2D eigenvalue weighted by Gasteiger charge is 2.43. The van der Waals surface area contributed by atoms with Crippen LogP contribution in [0.15, 0.2) is 0 Å². The Labute approximate surface area is 187 Å². The second-order valence-electron chi connectivity index (χ2n) is 11.4. The molecule has 0 saturated heterocycles. The van der Waals surface area contributed by atoms with Gasteiger partial charge in [0, 0.05) is 14.2 Å². The number of carbonyl (C=O) groups is 1. The van der Waals surface area contributed by atoms with Gasteiger partial charge in [-0.1, -0.05) is 41.5 Å². The Hall–Kier alpha value is -0.433. The number of hydrogen-bond donors (Lipinski definition) is 0. The van der Waals surface area contributed by atoms with Crippen molar-refractivity contribution >= 4 is 14.3 Å². The van der Waals surface area contributed by atoms with Crippen molar-refractivity contribution in [3.8, 4) is 0 Å². The second kappa shape index (κ2) is 12.0. The van der Waals surface area contributed by atoms with E-state index in [0.717, 1.165) is 12.8 Å². The molecule has 0 aliphatic carbocycles. The molecule has 5 atom stereocenters. The van der Waals surface area contributed by atoms with Crippen molar-refractivity contribution in [1.29, 1.82) is 0 Å². The van der Waals surface area contributed by atoms with E-state index in [0.29, 0.717) is 6.61 Å². The molecule has 0 spiro atoms. The summed E-state index contributed by atoms with van der Waals surface area (Å²) >= 11 is 0. The predicted molar refractivity (Wildman–Crippen MR) is 127 cm³/mol. The summed E-state index contributed by atoms with van der Waals surface area (Å²) in [5.74, 6) is 0.197. The first kappa shape index (κ1) is 29.6. The van der Waals surface area contributed by atoms with Gasteiger partial charge in [-0.05, 0) is 63.6 Å². The minimum absolute atomic E-state index is 0.0752. The van der Waals surface area contributed by atoms with Gasteiger partial charge in [-0.15, -0.1) is 0 Å². The summed E-state index contributed by atoms with van der Waals surface area (Å²) in [6.07, 6.45) is 1.04. The molecule has 0 aromatic carbocycles. The lowest BCUT2D eigenvalue weighted by atomic mass is 9.93. The molecule has 0 saturated carbocycles. The van der Waals surface area contributed by atoms with Crippen molar-refractivity contribution in [2.75, 3.05) is 20.8 Å². The Balaban J connectivity index is 5.52. The van der Waals surface area contributed by atoms with Gasteiger partial charge in [0.2, 0.25) is 0 Å². The van der Waals surface area contributed by atoms with Crippen LogP contribution in [-0.4, -0.2) is 53.4 Å². The van der Waals surface area contributed by atoms with E-state index in [1.165, 1.54) is 0 Å². The van der Waals surface area contributed by atoms with E-state index >= 15 is 0 Å². The van der Waals surface area contributed by atoms with Gasteiger partial charge < -0.3 is 18.6 Å². The third-order valence-electron chi connectivity index (χ3n) is 5.96. The first-order valence-corrected chi connectivity index (χ1v) is 14.1. The summed E-state index contributed by atoms with van der Waals surface area (Å²) in [4.78, 5) is 12.1. The zero-order chi connectivity index (χ0) is 23.9. The monoisotopic (exact) mass is 445 g/mol. The molecule has 0 amide bonds. The first-order valence-electron chi connectivity index (χ1n) is 11.2. The molecular weight excluding hydrogens is 396 g/mol. The van der Waals surface area contributed by atoms with E-state index in [1.807, 2.05) is 20.8 Å². The van der Waals surface area contributed by atoms with Gasteiger partial charge in [-0.3, -0.25) is 4.79 Å². The highest BCUT2D eigenvalue weighted by molar-refractivity contribution is 6.74. The average molecular weight is 446 g/mol. The first-order chi connectivity index (χ1) is 13.5. The van der Waals surface area contributed by atoms with Crippen LogP contribution in [-0.2, 0) is 23.4 Å². The number of ether oxygens (including phenoxy) is 3. The van der Waals surface area contributed by atoms with Gasteiger partial charge >= 0.3 is 5.97 Å². The van der Waals surface area contributed by atoms with E-state index in [1.54, 1.807) is 14.2 Å². The zero-order valence-corrected chi connectivity index (χ0v) is 22.8. The molecule has 0 aromatic heterocycles. The van der Waals surface area contributed by atoms with E-state index in [2.05, 4.69) is 54.6 Å². The van der Waals surface area contributed by atoms with Crippen LogP contribution in [0.25, 0.3) is 0 Å². The van der Waals surface area contributed by atoms with Gasteiger partial charge in [-0.25, -0.2) is 0 Å². The Kier molecular flexibility index (Phi) is 11.8. The smallest absolute Gasteiger partial charge is 0.311 e. The normalized spacial score (nSPS) is 17.5. The lowest BCUT2D eigenvalue weighted by Gasteiger charge is -2.44. The van der Waals surface area contributed by atoms with Crippen molar-refractivity contribution in [2.45, 2.75) is 105 Å². The predicted octanol–water partition coefficient (Wildman–Crippen LogP) is 5.88. The second-order valence-corrected chi connectivity index (χ2v) is 16.2. The number of hydrogen-bond acceptors (Lipinski definition) is 5. The van der Waals surface area contributed by atoms with Crippen LogP contribution in [0.1, 0.15) is 68.2 Å². The molecule has 6 heteroatoms. The number of carbonyl (C=O) groups excluding carboxylic acids is 1. The van der Waals surface area contributed by atoms with Crippen LogP contribution in [0, 0.1) is 24.2 Å². The standard InChI is InChI=1S/C24H49O5Si/c1-17(2)14-19(26-10)21(29-30(12,13)24(7,8)9)20(27-11)15-18(3)16-28-22(25)23(4,5)6/h17-21H,1,14-16H2,2-13H3/t17-,18-,19+,20+,21-/m1/s1. The minimum Gasteiger partial charge on any atom is -0.465 e. The molecule has 179 valence electrons. The molecule has 0 rings (SSSR count). The summed E-state index contributed by atoms with van der Waals surface area (Å²) in [6, 6.07) is 0. The molecule has 1 radical (unpaired) electrons. The van der Waals surface area contributed by atoms with E-state index in [4.69, 9.17) is 18.6 Å². The lowest BCUT2D eigenvalue weighted by Crippen LogP contribution is -2.52. The molecule has 0 heterocycles. The van der Waals surface area contributed by atoms with Crippen LogP contribution in [0.4, 0.5) is 0 Å². The maximum absolute atomic E-state index is 12.1.